The molecule has 0 aromatic rings. The van der Waals surface area contributed by atoms with Gasteiger partial charge in [0.2, 0.25) is 5.91 Å². The Morgan fingerprint density at radius 3 is 1.46 bits per heavy atom. The molecule has 1 amide bonds. The van der Waals surface area contributed by atoms with E-state index in [9.17, 15) is 19.0 Å². The molecule has 0 fully saturated rings. The van der Waals surface area contributed by atoms with Crippen LogP contribution >= 0.6 is 7.82 Å². The number of phosphoric acid groups is 1. The summed E-state index contributed by atoms with van der Waals surface area (Å²) in [7, 11) is 1.42. The number of nitrogens with one attached hydrogen (secondary N) is 1. The zero-order chi connectivity index (χ0) is 49.4. The zero-order valence-electron chi connectivity index (χ0n) is 43.6. The Morgan fingerprint density at radius 1 is 0.537 bits per heavy atom. The van der Waals surface area contributed by atoms with E-state index in [1.165, 1.54) is 83.5 Å². The standard InChI is InChI=1S/C57H99N2O7P/c1-7-10-13-16-19-22-25-27-28-29-30-32-35-38-41-44-47-50-57(61)66-55(48-45-42-39-36-33-24-21-18-15-12-9-3)54(53-65-67(62,63)64-52-51-59(4,5)6)58-56(60)49-46-43-40-37-34-31-26-23-20-17-14-11-8-2/h10,13,19,22,27-28,30-32,34,38,40-41,43,45,48,54-55H,7-9,11-12,14-18,20-21,23-26,29,33,35-37,39,42,44,46-47,49-53H2,1-6H3,(H-,58,60,62,63)/p+1/b13-10-,22-19-,28-27-,32-30-,34-31-,41-38-,43-40+,48-45+. The summed E-state index contributed by atoms with van der Waals surface area (Å²) >= 11 is 0. The Morgan fingerprint density at radius 2 is 0.970 bits per heavy atom. The molecule has 10 heteroatoms. The number of allylic oxidation sites excluding steroid dienone is 15. The van der Waals surface area contributed by atoms with Gasteiger partial charge in [0.25, 0.3) is 0 Å². The maximum absolute atomic E-state index is 13.4. The number of ether oxygens (including phenoxy) is 1. The van der Waals surface area contributed by atoms with Crippen molar-refractivity contribution in [3.63, 3.8) is 0 Å². The molecular formula is C57H100N2O7P+. The number of likely N-dealkylation sites (N-methyl/N-ethyl adjacent to an activating group) is 1. The number of nitrogens with zero attached hydrogens (tertiary/aromatic N) is 1. The Kier molecular flexibility index (Phi) is 44.5. The van der Waals surface area contributed by atoms with Crippen LogP contribution in [-0.4, -0.2) is 74.3 Å². The van der Waals surface area contributed by atoms with Gasteiger partial charge in [-0.2, -0.15) is 0 Å². The maximum atomic E-state index is 13.4. The first kappa shape index (κ1) is 63.9. The molecule has 0 aliphatic carbocycles. The fraction of sp³-hybridized carbons (Fsp3) is 0.684. The van der Waals surface area contributed by atoms with E-state index in [4.69, 9.17) is 13.8 Å². The minimum absolute atomic E-state index is 0.0177. The maximum Gasteiger partial charge on any atom is 0.472 e. The summed E-state index contributed by atoms with van der Waals surface area (Å²) in [6, 6.07) is -0.904. The van der Waals surface area contributed by atoms with Crippen molar-refractivity contribution in [2.45, 2.75) is 213 Å². The van der Waals surface area contributed by atoms with Gasteiger partial charge in [0.15, 0.2) is 0 Å². The summed E-state index contributed by atoms with van der Waals surface area (Å²) in [5.74, 6) is -0.662. The first-order valence-electron chi connectivity index (χ1n) is 26.6. The third kappa shape index (κ3) is 47.8. The second-order valence-corrected chi connectivity index (χ2v) is 20.1. The lowest BCUT2D eigenvalue weighted by atomic mass is 10.1. The fourth-order valence-electron chi connectivity index (χ4n) is 6.91. The second-order valence-electron chi connectivity index (χ2n) is 18.7. The van der Waals surface area contributed by atoms with E-state index in [-0.39, 0.29) is 32.0 Å². The number of carbonyl (C=O) groups is 2. The second kappa shape index (κ2) is 46.6. The van der Waals surface area contributed by atoms with Crippen LogP contribution in [0.25, 0.3) is 0 Å². The van der Waals surface area contributed by atoms with Gasteiger partial charge in [-0.05, 0) is 89.5 Å². The monoisotopic (exact) mass is 956 g/mol. The first-order valence-corrected chi connectivity index (χ1v) is 28.1. The van der Waals surface area contributed by atoms with Gasteiger partial charge in [-0.25, -0.2) is 4.57 Å². The molecule has 384 valence electrons. The number of amides is 1. The van der Waals surface area contributed by atoms with Gasteiger partial charge in [-0.3, -0.25) is 18.6 Å². The van der Waals surface area contributed by atoms with Crippen molar-refractivity contribution in [1.82, 2.24) is 5.32 Å². The number of esters is 1. The van der Waals surface area contributed by atoms with Crippen LogP contribution in [-0.2, 0) is 27.9 Å². The van der Waals surface area contributed by atoms with Crippen LogP contribution in [0.5, 0.6) is 0 Å². The molecule has 0 rings (SSSR count). The van der Waals surface area contributed by atoms with Gasteiger partial charge in [-0.15, -0.1) is 0 Å². The largest absolute Gasteiger partial charge is 0.472 e. The number of quaternary nitrogens is 1. The molecule has 0 saturated heterocycles. The number of hydrogen-bond acceptors (Lipinski definition) is 6. The van der Waals surface area contributed by atoms with Crippen molar-refractivity contribution in [1.29, 1.82) is 0 Å². The van der Waals surface area contributed by atoms with E-state index in [1.807, 2.05) is 33.3 Å². The van der Waals surface area contributed by atoms with Gasteiger partial charge >= 0.3 is 13.8 Å². The van der Waals surface area contributed by atoms with Crippen LogP contribution in [0.15, 0.2) is 97.2 Å². The van der Waals surface area contributed by atoms with Crippen LogP contribution in [0.4, 0.5) is 0 Å². The third-order valence-electron chi connectivity index (χ3n) is 11.0. The number of unbranched alkanes of at least 4 members (excludes halogenated alkanes) is 16. The van der Waals surface area contributed by atoms with E-state index in [2.05, 4.69) is 105 Å². The first-order chi connectivity index (χ1) is 32.4. The van der Waals surface area contributed by atoms with Crippen molar-refractivity contribution in [2.24, 2.45) is 0 Å². The topological polar surface area (TPSA) is 111 Å². The summed E-state index contributed by atoms with van der Waals surface area (Å²) in [5, 5.41) is 2.98. The summed E-state index contributed by atoms with van der Waals surface area (Å²) in [4.78, 5) is 37.4. The van der Waals surface area contributed by atoms with Gasteiger partial charge in [0.05, 0.1) is 33.8 Å². The number of hydrogen-bond donors (Lipinski definition) is 2. The van der Waals surface area contributed by atoms with Gasteiger partial charge in [-0.1, -0.05) is 195 Å². The van der Waals surface area contributed by atoms with Crippen LogP contribution in [0.2, 0.25) is 0 Å². The lowest BCUT2D eigenvalue weighted by molar-refractivity contribution is -0.870. The molecule has 3 atom stereocenters. The molecule has 0 aromatic carbocycles. The predicted octanol–water partition coefficient (Wildman–Crippen LogP) is 15.7. The summed E-state index contributed by atoms with van der Waals surface area (Å²) in [5.41, 5.74) is 0. The molecule has 3 unspecified atom stereocenters. The van der Waals surface area contributed by atoms with Crippen molar-refractivity contribution >= 4 is 19.7 Å². The third-order valence-corrected chi connectivity index (χ3v) is 12.0. The number of rotatable bonds is 46. The molecule has 0 saturated carbocycles. The van der Waals surface area contributed by atoms with Crippen molar-refractivity contribution in [2.75, 3.05) is 40.9 Å². The SMILES string of the molecule is CC/C=C\C/C=C\C/C=C\C/C=C\C/C=C\CCCC(=O)OC(/C=C/CCCCCCCCCCC)C(COP(=O)(O)OCC[N+](C)(C)C)NC(=O)CC/C=C/C/C=C\CCCCCCCC. The van der Waals surface area contributed by atoms with E-state index >= 15 is 0 Å². The molecule has 0 radical (unpaired) electrons. The number of carbonyl (C=O) groups excluding carboxylic acids is 2. The molecule has 0 bridgehead atoms. The van der Waals surface area contributed by atoms with Crippen molar-refractivity contribution in [3.05, 3.63) is 97.2 Å². The van der Waals surface area contributed by atoms with Gasteiger partial charge in [0, 0.05) is 12.8 Å². The van der Waals surface area contributed by atoms with Gasteiger partial charge < -0.3 is 19.4 Å². The van der Waals surface area contributed by atoms with Crippen LogP contribution in [0.3, 0.4) is 0 Å². The zero-order valence-corrected chi connectivity index (χ0v) is 44.5. The highest BCUT2D eigenvalue weighted by Crippen LogP contribution is 2.43. The molecule has 0 heterocycles. The fourth-order valence-corrected chi connectivity index (χ4v) is 7.64. The highest BCUT2D eigenvalue weighted by atomic mass is 31.2. The molecule has 0 spiro atoms. The van der Waals surface area contributed by atoms with Gasteiger partial charge in [0.1, 0.15) is 19.3 Å². The molecule has 0 aromatic heterocycles. The Balaban J connectivity index is 5.57. The Hall–Kier alpha value is -3.07. The summed E-state index contributed by atoms with van der Waals surface area (Å²) in [6.07, 6.45) is 61.5. The molecule has 2 N–H and O–H groups in total. The molecular weight excluding hydrogens is 856 g/mol. The lowest BCUT2D eigenvalue weighted by Crippen LogP contribution is -2.47. The van der Waals surface area contributed by atoms with E-state index < -0.39 is 25.9 Å². The summed E-state index contributed by atoms with van der Waals surface area (Å²) in [6.45, 7) is 6.76. The number of phosphoric ester groups is 1. The minimum Gasteiger partial charge on any atom is -0.456 e. The van der Waals surface area contributed by atoms with E-state index in [1.54, 1.807) is 6.08 Å². The molecule has 9 nitrogen and oxygen atoms in total. The molecule has 0 aliphatic rings. The smallest absolute Gasteiger partial charge is 0.456 e. The van der Waals surface area contributed by atoms with Crippen molar-refractivity contribution in [3.8, 4) is 0 Å². The normalized spacial score (nSPS) is 14.7. The highest BCUT2D eigenvalue weighted by Gasteiger charge is 2.30. The quantitative estimate of drug-likeness (QED) is 0.0205. The van der Waals surface area contributed by atoms with E-state index in [0.717, 1.165) is 70.6 Å². The summed E-state index contributed by atoms with van der Waals surface area (Å²) < 4.78 is 30.4. The van der Waals surface area contributed by atoms with E-state index in [0.29, 0.717) is 23.9 Å². The van der Waals surface area contributed by atoms with Crippen molar-refractivity contribution < 1.29 is 37.3 Å². The average Bonchev–Trinajstić information content (AvgIpc) is 3.28. The highest BCUT2D eigenvalue weighted by molar-refractivity contribution is 7.47. The minimum atomic E-state index is -4.47. The molecule has 0 aliphatic heterocycles. The average molecular weight is 956 g/mol. The Bertz CT molecular complexity index is 1470. The lowest BCUT2D eigenvalue weighted by Gasteiger charge is -2.27. The Labute approximate surface area is 411 Å². The van der Waals surface area contributed by atoms with Crippen LogP contribution in [0.1, 0.15) is 201 Å². The molecule has 67 heavy (non-hydrogen) atoms. The van der Waals surface area contributed by atoms with Crippen LogP contribution in [0, 0.1) is 0 Å². The predicted molar refractivity (Wildman–Crippen MR) is 286 cm³/mol. The van der Waals surface area contributed by atoms with Crippen LogP contribution < -0.4 is 5.32 Å².